The zero-order chi connectivity index (χ0) is 11.8. The van der Waals surface area contributed by atoms with Crippen LogP contribution in [-0.4, -0.2) is 26.8 Å². The molecule has 0 unspecified atom stereocenters. The van der Waals surface area contributed by atoms with Gasteiger partial charge in [0.05, 0.1) is 4.90 Å². The van der Waals surface area contributed by atoms with Gasteiger partial charge in [0.2, 0.25) is 10.0 Å². The number of benzene rings is 1. The van der Waals surface area contributed by atoms with Crippen LogP contribution in [0.25, 0.3) is 0 Å². The highest BCUT2D eigenvalue weighted by molar-refractivity contribution is 9.11. The van der Waals surface area contributed by atoms with Crippen LogP contribution < -0.4 is 0 Å². The molecule has 84 valence electrons. The lowest BCUT2D eigenvalue weighted by Gasteiger charge is -2.14. The number of nitrogens with zero attached hydrogens (tertiary/aromatic N) is 1. The Balaban J connectivity index is 3.46. The normalized spacial score (nSPS) is 12.1. The van der Waals surface area contributed by atoms with Crippen molar-refractivity contribution in [3.05, 3.63) is 26.6 Å². The first kappa shape index (κ1) is 13.2. The molecule has 1 aromatic rings. The van der Waals surface area contributed by atoms with E-state index in [0.29, 0.717) is 4.47 Å². The third-order valence-electron chi connectivity index (χ3n) is 1.97. The van der Waals surface area contributed by atoms with Crippen LogP contribution >= 0.6 is 31.9 Å². The molecule has 0 aliphatic heterocycles. The molecule has 1 aromatic carbocycles. The van der Waals surface area contributed by atoms with Crippen molar-refractivity contribution in [2.24, 2.45) is 0 Å². The van der Waals surface area contributed by atoms with Crippen molar-refractivity contribution in [1.29, 1.82) is 0 Å². The van der Waals surface area contributed by atoms with E-state index in [1.807, 2.05) is 6.92 Å². The summed E-state index contributed by atoms with van der Waals surface area (Å²) in [5.41, 5.74) is 0.888. The molecule has 0 N–H and O–H groups in total. The standard InChI is InChI=1S/C9H11Br2NO2S/c1-6-4-9(8(11)5-7(6)10)15(13,14)12(2)3/h4-5H,1-3H3. The second-order valence-corrected chi connectivity index (χ2v) is 7.15. The molecule has 0 fully saturated rings. The minimum absolute atomic E-state index is 0.285. The van der Waals surface area contributed by atoms with Gasteiger partial charge in [-0.2, -0.15) is 0 Å². The Morgan fingerprint density at radius 1 is 1.13 bits per heavy atom. The highest BCUT2D eigenvalue weighted by Crippen LogP contribution is 2.29. The number of aryl methyl sites for hydroxylation is 1. The zero-order valence-corrected chi connectivity index (χ0v) is 12.6. The van der Waals surface area contributed by atoms with Gasteiger partial charge in [-0.15, -0.1) is 0 Å². The summed E-state index contributed by atoms with van der Waals surface area (Å²) in [4.78, 5) is 0.285. The average Bonchev–Trinajstić information content (AvgIpc) is 2.10. The number of rotatable bonds is 2. The summed E-state index contributed by atoms with van der Waals surface area (Å²) in [7, 11) is -0.355. The van der Waals surface area contributed by atoms with E-state index in [1.165, 1.54) is 18.4 Å². The van der Waals surface area contributed by atoms with E-state index in [4.69, 9.17) is 0 Å². The minimum Gasteiger partial charge on any atom is -0.207 e. The molecule has 0 aliphatic rings. The summed E-state index contributed by atoms with van der Waals surface area (Å²) in [6.07, 6.45) is 0. The van der Waals surface area contributed by atoms with Crippen LogP contribution in [-0.2, 0) is 10.0 Å². The largest absolute Gasteiger partial charge is 0.243 e. The van der Waals surface area contributed by atoms with Crippen LogP contribution in [0.15, 0.2) is 26.0 Å². The first-order chi connectivity index (χ1) is 6.76. The maximum Gasteiger partial charge on any atom is 0.243 e. The zero-order valence-electron chi connectivity index (χ0n) is 8.58. The van der Waals surface area contributed by atoms with Crippen molar-refractivity contribution < 1.29 is 8.42 Å². The van der Waals surface area contributed by atoms with Gasteiger partial charge >= 0.3 is 0 Å². The molecule has 15 heavy (non-hydrogen) atoms. The van der Waals surface area contributed by atoms with Gasteiger partial charge in [0, 0.05) is 23.0 Å². The Morgan fingerprint density at radius 2 is 1.67 bits per heavy atom. The van der Waals surface area contributed by atoms with E-state index in [1.54, 1.807) is 12.1 Å². The first-order valence-electron chi connectivity index (χ1n) is 4.15. The number of halogens is 2. The Kier molecular flexibility index (Phi) is 3.97. The quantitative estimate of drug-likeness (QED) is 0.817. The highest BCUT2D eigenvalue weighted by atomic mass is 79.9. The highest BCUT2D eigenvalue weighted by Gasteiger charge is 2.21. The van der Waals surface area contributed by atoms with E-state index in [2.05, 4.69) is 31.9 Å². The lowest BCUT2D eigenvalue weighted by molar-refractivity contribution is 0.520. The summed E-state index contributed by atoms with van der Waals surface area (Å²) < 4.78 is 26.4. The monoisotopic (exact) mass is 355 g/mol. The van der Waals surface area contributed by atoms with Gasteiger partial charge in [-0.25, -0.2) is 12.7 Å². The molecular weight excluding hydrogens is 346 g/mol. The Hall–Kier alpha value is 0.0900. The summed E-state index contributed by atoms with van der Waals surface area (Å²) in [5.74, 6) is 0. The molecule has 6 heteroatoms. The van der Waals surface area contributed by atoms with Crippen LogP contribution in [0.2, 0.25) is 0 Å². The van der Waals surface area contributed by atoms with Gasteiger partial charge in [-0.1, -0.05) is 15.9 Å². The molecular formula is C9H11Br2NO2S. The molecule has 0 aromatic heterocycles. The molecule has 0 saturated heterocycles. The fourth-order valence-corrected chi connectivity index (χ4v) is 3.66. The van der Waals surface area contributed by atoms with Crippen LogP contribution in [0.5, 0.6) is 0 Å². The summed E-state index contributed by atoms with van der Waals surface area (Å²) in [6, 6.07) is 3.38. The lowest BCUT2D eigenvalue weighted by Crippen LogP contribution is -2.22. The third kappa shape index (κ3) is 2.61. The summed E-state index contributed by atoms with van der Waals surface area (Å²) in [6.45, 7) is 1.85. The maximum atomic E-state index is 11.9. The van der Waals surface area contributed by atoms with Gasteiger partial charge < -0.3 is 0 Å². The molecule has 1 rings (SSSR count). The van der Waals surface area contributed by atoms with E-state index in [9.17, 15) is 8.42 Å². The Labute approximate surface area is 107 Å². The molecule has 0 saturated carbocycles. The second kappa shape index (κ2) is 4.53. The Bertz CT molecular complexity index is 483. The molecule has 0 atom stereocenters. The van der Waals surface area contributed by atoms with Crippen molar-refractivity contribution >= 4 is 41.9 Å². The van der Waals surface area contributed by atoms with Gasteiger partial charge in [0.25, 0.3) is 0 Å². The van der Waals surface area contributed by atoms with Crippen molar-refractivity contribution in [3.8, 4) is 0 Å². The first-order valence-corrected chi connectivity index (χ1v) is 7.17. The van der Waals surface area contributed by atoms with Gasteiger partial charge in [-0.3, -0.25) is 0 Å². The van der Waals surface area contributed by atoms with Crippen molar-refractivity contribution in [2.45, 2.75) is 11.8 Å². The van der Waals surface area contributed by atoms with E-state index in [-0.39, 0.29) is 4.90 Å². The number of hydrogen-bond acceptors (Lipinski definition) is 2. The SMILES string of the molecule is Cc1cc(S(=O)(=O)N(C)C)c(Br)cc1Br. The topological polar surface area (TPSA) is 37.4 Å². The van der Waals surface area contributed by atoms with Crippen LogP contribution in [0.4, 0.5) is 0 Å². The minimum atomic E-state index is -3.38. The van der Waals surface area contributed by atoms with E-state index < -0.39 is 10.0 Å². The van der Waals surface area contributed by atoms with E-state index >= 15 is 0 Å². The van der Waals surface area contributed by atoms with Gasteiger partial charge in [0.1, 0.15) is 0 Å². The van der Waals surface area contributed by atoms with Gasteiger partial charge in [0.15, 0.2) is 0 Å². The van der Waals surface area contributed by atoms with Crippen molar-refractivity contribution in [1.82, 2.24) is 4.31 Å². The fraction of sp³-hybridized carbons (Fsp3) is 0.333. The second-order valence-electron chi connectivity index (χ2n) is 3.32. The Morgan fingerprint density at radius 3 is 2.13 bits per heavy atom. The molecule has 3 nitrogen and oxygen atoms in total. The molecule has 0 heterocycles. The number of sulfonamides is 1. The average molecular weight is 357 g/mol. The molecule has 0 aliphatic carbocycles. The van der Waals surface area contributed by atoms with Crippen LogP contribution in [0.3, 0.4) is 0 Å². The van der Waals surface area contributed by atoms with Crippen LogP contribution in [0, 0.1) is 6.92 Å². The summed E-state index contributed by atoms with van der Waals surface area (Å²) in [5, 5.41) is 0. The molecule has 0 radical (unpaired) electrons. The molecule has 0 amide bonds. The number of hydrogen-bond donors (Lipinski definition) is 0. The molecule has 0 spiro atoms. The predicted molar refractivity (Wildman–Crippen MR) is 67.5 cm³/mol. The van der Waals surface area contributed by atoms with E-state index in [0.717, 1.165) is 10.0 Å². The van der Waals surface area contributed by atoms with Crippen molar-refractivity contribution in [2.75, 3.05) is 14.1 Å². The van der Waals surface area contributed by atoms with Gasteiger partial charge in [-0.05, 0) is 40.5 Å². The summed E-state index contributed by atoms with van der Waals surface area (Å²) >= 11 is 6.60. The van der Waals surface area contributed by atoms with Crippen molar-refractivity contribution in [3.63, 3.8) is 0 Å². The molecule has 0 bridgehead atoms. The van der Waals surface area contributed by atoms with Crippen LogP contribution in [0.1, 0.15) is 5.56 Å². The maximum absolute atomic E-state index is 11.9. The third-order valence-corrected chi connectivity index (χ3v) is 5.60. The lowest BCUT2D eigenvalue weighted by atomic mass is 10.2. The predicted octanol–water partition coefficient (Wildman–Crippen LogP) is 2.77. The fourth-order valence-electron chi connectivity index (χ4n) is 1.03. The smallest absolute Gasteiger partial charge is 0.207 e.